The van der Waals surface area contributed by atoms with Crippen LogP contribution in [0.25, 0.3) is 0 Å². The van der Waals surface area contributed by atoms with Crippen molar-refractivity contribution >= 4 is 11.5 Å². The Morgan fingerprint density at radius 3 is 2.76 bits per heavy atom. The third-order valence-corrected chi connectivity index (χ3v) is 4.34. The van der Waals surface area contributed by atoms with Crippen LogP contribution >= 0.6 is 0 Å². The Hall–Kier alpha value is -1.69. The van der Waals surface area contributed by atoms with Crippen molar-refractivity contribution in [3.8, 4) is 0 Å². The van der Waals surface area contributed by atoms with E-state index in [2.05, 4.69) is 15.2 Å². The van der Waals surface area contributed by atoms with Crippen molar-refractivity contribution in [1.29, 1.82) is 0 Å². The Labute approximate surface area is 124 Å². The van der Waals surface area contributed by atoms with Gasteiger partial charge in [0.15, 0.2) is 0 Å². The Balaban J connectivity index is 1.77. The molecule has 2 aliphatic rings. The molecule has 0 bridgehead atoms. The standard InChI is InChI=1S/C15H22N4O2/c1-11-14(19(20)21)6-7-15(17-11)18(9-12-4-5-12)10-13-3-2-8-16-13/h6-7,12-13,16H,2-5,8-10H2,1H3. The van der Waals surface area contributed by atoms with Gasteiger partial charge in [0.2, 0.25) is 0 Å². The summed E-state index contributed by atoms with van der Waals surface area (Å²) in [5.74, 6) is 1.64. The number of pyridine rings is 1. The molecule has 0 radical (unpaired) electrons. The van der Waals surface area contributed by atoms with Crippen molar-refractivity contribution in [2.45, 2.75) is 38.6 Å². The van der Waals surface area contributed by atoms with E-state index < -0.39 is 0 Å². The number of hydrogen-bond acceptors (Lipinski definition) is 5. The first-order valence-corrected chi connectivity index (χ1v) is 7.74. The molecule has 1 aliphatic heterocycles. The summed E-state index contributed by atoms with van der Waals surface area (Å²) in [5.41, 5.74) is 0.599. The molecule has 1 unspecified atom stereocenters. The van der Waals surface area contributed by atoms with Crippen LogP contribution in [0.5, 0.6) is 0 Å². The van der Waals surface area contributed by atoms with E-state index in [0.29, 0.717) is 11.7 Å². The Morgan fingerprint density at radius 1 is 1.38 bits per heavy atom. The summed E-state index contributed by atoms with van der Waals surface area (Å²) >= 11 is 0. The van der Waals surface area contributed by atoms with Gasteiger partial charge in [0, 0.05) is 25.2 Å². The van der Waals surface area contributed by atoms with E-state index in [-0.39, 0.29) is 10.6 Å². The number of nitrogens with zero attached hydrogens (tertiary/aromatic N) is 3. The fourth-order valence-corrected chi connectivity index (χ4v) is 2.96. The van der Waals surface area contributed by atoms with E-state index in [1.807, 2.05) is 0 Å². The molecular formula is C15H22N4O2. The van der Waals surface area contributed by atoms with Crippen molar-refractivity contribution < 1.29 is 4.92 Å². The minimum atomic E-state index is -0.365. The molecule has 0 aromatic carbocycles. The third kappa shape index (κ3) is 3.50. The molecule has 6 heteroatoms. The van der Waals surface area contributed by atoms with Crippen molar-refractivity contribution in [3.05, 3.63) is 27.9 Å². The number of rotatable bonds is 6. The average Bonchev–Trinajstić information content (AvgIpc) is 3.11. The number of anilines is 1. The molecule has 1 saturated carbocycles. The number of hydrogen-bond donors (Lipinski definition) is 1. The zero-order valence-electron chi connectivity index (χ0n) is 12.4. The summed E-state index contributed by atoms with van der Waals surface area (Å²) < 4.78 is 0. The highest BCUT2D eigenvalue weighted by Gasteiger charge is 2.27. The van der Waals surface area contributed by atoms with Gasteiger partial charge in [-0.3, -0.25) is 10.1 Å². The van der Waals surface area contributed by atoms with Gasteiger partial charge >= 0.3 is 0 Å². The Morgan fingerprint density at radius 2 is 2.19 bits per heavy atom. The van der Waals surface area contributed by atoms with Crippen LogP contribution in [0.2, 0.25) is 0 Å². The fourth-order valence-electron chi connectivity index (χ4n) is 2.96. The summed E-state index contributed by atoms with van der Waals surface area (Å²) in [6.07, 6.45) is 5.02. The van der Waals surface area contributed by atoms with Gasteiger partial charge in [0.1, 0.15) is 11.5 Å². The minimum absolute atomic E-state index is 0.101. The topological polar surface area (TPSA) is 71.3 Å². The van der Waals surface area contributed by atoms with Gasteiger partial charge < -0.3 is 10.2 Å². The quantitative estimate of drug-likeness (QED) is 0.643. The van der Waals surface area contributed by atoms with Crippen molar-refractivity contribution in [1.82, 2.24) is 10.3 Å². The average molecular weight is 290 g/mol. The van der Waals surface area contributed by atoms with Gasteiger partial charge in [0.25, 0.3) is 5.69 Å². The van der Waals surface area contributed by atoms with Crippen LogP contribution < -0.4 is 10.2 Å². The highest BCUT2D eigenvalue weighted by atomic mass is 16.6. The van der Waals surface area contributed by atoms with Gasteiger partial charge in [-0.15, -0.1) is 0 Å². The lowest BCUT2D eigenvalue weighted by Gasteiger charge is -2.27. The molecule has 2 fully saturated rings. The molecule has 1 aromatic heterocycles. The van der Waals surface area contributed by atoms with E-state index >= 15 is 0 Å². The van der Waals surface area contributed by atoms with E-state index in [1.165, 1.54) is 25.7 Å². The molecule has 1 aromatic rings. The number of nitro groups is 1. The van der Waals surface area contributed by atoms with Crippen LogP contribution in [-0.4, -0.2) is 35.6 Å². The zero-order chi connectivity index (χ0) is 14.8. The molecule has 6 nitrogen and oxygen atoms in total. The molecule has 1 atom stereocenters. The second kappa shape index (κ2) is 5.97. The van der Waals surface area contributed by atoms with E-state index in [1.54, 1.807) is 19.1 Å². The second-order valence-electron chi connectivity index (χ2n) is 6.17. The number of aromatic nitrogens is 1. The molecular weight excluding hydrogens is 268 g/mol. The van der Waals surface area contributed by atoms with Crippen LogP contribution in [0.3, 0.4) is 0 Å². The first-order valence-electron chi connectivity index (χ1n) is 7.74. The highest BCUT2D eigenvalue weighted by molar-refractivity contribution is 5.47. The predicted octanol–water partition coefficient (Wildman–Crippen LogP) is 2.27. The molecule has 114 valence electrons. The highest BCUT2D eigenvalue weighted by Crippen LogP contribution is 2.32. The number of nitrogens with one attached hydrogen (secondary N) is 1. The minimum Gasteiger partial charge on any atom is -0.355 e. The maximum Gasteiger partial charge on any atom is 0.290 e. The van der Waals surface area contributed by atoms with Crippen molar-refractivity contribution in [2.24, 2.45) is 5.92 Å². The lowest BCUT2D eigenvalue weighted by atomic mass is 10.2. The molecule has 21 heavy (non-hydrogen) atoms. The molecule has 1 saturated heterocycles. The molecule has 0 spiro atoms. The normalized spacial score (nSPS) is 21.5. The fraction of sp³-hybridized carbons (Fsp3) is 0.667. The largest absolute Gasteiger partial charge is 0.355 e. The first-order chi connectivity index (χ1) is 10.1. The summed E-state index contributed by atoms with van der Waals surface area (Å²) in [7, 11) is 0. The zero-order valence-corrected chi connectivity index (χ0v) is 12.4. The summed E-state index contributed by atoms with van der Waals surface area (Å²) in [6, 6.07) is 3.89. The Kier molecular flexibility index (Phi) is 4.05. The maximum atomic E-state index is 10.9. The van der Waals surface area contributed by atoms with Crippen molar-refractivity contribution in [3.63, 3.8) is 0 Å². The lowest BCUT2D eigenvalue weighted by molar-refractivity contribution is -0.385. The lowest BCUT2D eigenvalue weighted by Crippen LogP contribution is -2.39. The van der Waals surface area contributed by atoms with Crippen LogP contribution in [0, 0.1) is 23.0 Å². The summed E-state index contributed by atoms with van der Waals surface area (Å²) in [4.78, 5) is 17.3. The molecule has 2 heterocycles. The van der Waals surface area contributed by atoms with Crippen LogP contribution in [0.1, 0.15) is 31.4 Å². The predicted molar refractivity (Wildman–Crippen MR) is 81.6 cm³/mol. The first kappa shape index (κ1) is 14.3. The third-order valence-electron chi connectivity index (χ3n) is 4.34. The number of aryl methyl sites for hydroxylation is 1. The maximum absolute atomic E-state index is 10.9. The van der Waals surface area contributed by atoms with Crippen LogP contribution in [0.15, 0.2) is 12.1 Å². The van der Waals surface area contributed by atoms with E-state index in [0.717, 1.165) is 31.4 Å². The van der Waals surface area contributed by atoms with Gasteiger partial charge in [-0.2, -0.15) is 0 Å². The van der Waals surface area contributed by atoms with Gasteiger partial charge in [-0.1, -0.05) is 0 Å². The smallest absolute Gasteiger partial charge is 0.290 e. The van der Waals surface area contributed by atoms with Gasteiger partial charge in [0.05, 0.1) is 4.92 Å². The molecule has 1 aliphatic carbocycles. The summed E-state index contributed by atoms with van der Waals surface area (Å²) in [6.45, 7) is 4.77. The van der Waals surface area contributed by atoms with Crippen LogP contribution in [0.4, 0.5) is 11.5 Å². The molecule has 1 N–H and O–H groups in total. The molecule has 0 amide bonds. The van der Waals surface area contributed by atoms with Gasteiger partial charge in [-0.25, -0.2) is 4.98 Å². The van der Waals surface area contributed by atoms with Gasteiger partial charge in [-0.05, 0) is 51.1 Å². The van der Waals surface area contributed by atoms with Crippen LogP contribution in [-0.2, 0) is 0 Å². The Bertz CT molecular complexity index is 524. The van der Waals surface area contributed by atoms with E-state index in [9.17, 15) is 10.1 Å². The monoisotopic (exact) mass is 290 g/mol. The summed E-state index contributed by atoms with van der Waals surface area (Å²) in [5, 5.41) is 14.4. The molecule has 3 rings (SSSR count). The second-order valence-corrected chi connectivity index (χ2v) is 6.17. The van der Waals surface area contributed by atoms with Crippen molar-refractivity contribution in [2.75, 3.05) is 24.5 Å². The van der Waals surface area contributed by atoms with E-state index in [4.69, 9.17) is 0 Å². The SMILES string of the molecule is Cc1nc(N(CC2CC2)CC2CCCN2)ccc1[N+](=O)[O-].